The molecule has 0 bridgehead atoms. The third kappa shape index (κ3) is 6.31. The topological polar surface area (TPSA) is 145 Å². The molecule has 1 aliphatic rings. The molecule has 200 valence electrons. The molecule has 38 heavy (non-hydrogen) atoms. The lowest BCUT2D eigenvalue weighted by Gasteiger charge is -2.24. The highest BCUT2D eigenvalue weighted by Gasteiger charge is 2.33. The fourth-order valence-corrected chi connectivity index (χ4v) is 4.42. The van der Waals surface area contributed by atoms with Gasteiger partial charge in [-0.05, 0) is 37.1 Å². The Bertz CT molecular complexity index is 1200. The van der Waals surface area contributed by atoms with Gasteiger partial charge in [0.2, 0.25) is 11.8 Å². The molecule has 10 nitrogen and oxygen atoms in total. The molecule has 1 aliphatic carbocycles. The maximum absolute atomic E-state index is 13.3. The summed E-state index contributed by atoms with van der Waals surface area (Å²) in [6.07, 6.45) is -0.167. The molecule has 0 spiro atoms. The van der Waals surface area contributed by atoms with Crippen molar-refractivity contribution in [3.63, 3.8) is 0 Å². The van der Waals surface area contributed by atoms with Gasteiger partial charge in [0.1, 0.15) is 12.1 Å². The number of ether oxygens (including phenoxy) is 2. The van der Waals surface area contributed by atoms with Crippen LogP contribution in [0.5, 0.6) is 0 Å². The smallest absolute Gasteiger partial charge is 0.328 e. The van der Waals surface area contributed by atoms with Gasteiger partial charge in [0.05, 0.1) is 13.2 Å². The standard InChI is InChI=1S/C28H30N2O8/c1-5-37-27(35)23(29-15(3)31)13-17-11-21-22(26(34)20-10-8-7-9-19(20)25(21)33)12-18(17)14-24(30-16(4)32)28(36)38-6-2/h7-12,23-24H,5-6,13-14H2,1-4H3,(H,29,31)(H,30,32). The van der Waals surface area contributed by atoms with Crippen LogP contribution in [0.4, 0.5) is 0 Å². The Hall–Kier alpha value is -4.34. The predicted octanol–water partition coefficient (Wildman–Crippen LogP) is 1.68. The summed E-state index contributed by atoms with van der Waals surface area (Å²) in [7, 11) is 0. The van der Waals surface area contributed by atoms with E-state index in [-0.39, 0.29) is 59.9 Å². The average Bonchev–Trinajstić information content (AvgIpc) is 2.86. The van der Waals surface area contributed by atoms with Crippen molar-refractivity contribution in [1.82, 2.24) is 10.6 Å². The van der Waals surface area contributed by atoms with E-state index in [0.29, 0.717) is 11.1 Å². The molecule has 0 aliphatic heterocycles. The van der Waals surface area contributed by atoms with E-state index in [0.717, 1.165) is 0 Å². The number of hydrogen-bond acceptors (Lipinski definition) is 8. The molecule has 2 aromatic rings. The number of esters is 2. The van der Waals surface area contributed by atoms with Crippen LogP contribution >= 0.6 is 0 Å². The summed E-state index contributed by atoms with van der Waals surface area (Å²) in [6.45, 7) is 5.95. The van der Waals surface area contributed by atoms with Gasteiger partial charge in [0.25, 0.3) is 0 Å². The summed E-state index contributed by atoms with van der Waals surface area (Å²) in [5.41, 5.74) is 1.66. The Balaban J connectivity index is 2.15. The molecule has 2 unspecified atom stereocenters. The summed E-state index contributed by atoms with van der Waals surface area (Å²) >= 11 is 0. The first-order valence-corrected chi connectivity index (χ1v) is 12.3. The van der Waals surface area contributed by atoms with Gasteiger partial charge in [-0.1, -0.05) is 24.3 Å². The SMILES string of the molecule is CCOC(=O)C(Cc1cc2c(cc1CC(NC(C)=O)C(=O)OCC)C(=O)c1ccccc1C2=O)NC(C)=O. The molecule has 2 N–H and O–H groups in total. The predicted molar refractivity (Wildman–Crippen MR) is 136 cm³/mol. The van der Waals surface area contributed by atoms with Gasteiger partial charge >= 0.3 is 11.9 Å². The third-order valence-electron chi connectivity index (χ3n) is 5.99. The van der Waals surface area contributed by atoms with Crippen LogP contribution in [0.1, 0.15) is 70.7 Å². The third-order valence-corrected chi connectivity index (χ3v) is 5.99. The van der Waals surface area contributed by atoms with E-state index in [2.05, 4.69) is 10.6 Å². The number of ketones is 2. The van der Waals surface area contributed by atoms with E-state index in [1.54, 1.807) is 38.1 Å². The highest BCUT2D eigenvalue weighted by atomic mass is 16.5. The van der Waals surface area contributed by atoms with Gasteiger partial charge < -0.3 is 20.1 Å². The van der Waals surface area contributed by atoms with Crippen LogP contribution in [0.3, 0.4) is 0 Å². The van der Waals surface area contributed by atoms with Crippen molar-refractivity contribution in [2.75, 3.05) is 13.2 Å². The van der Waals surface area contributed by atoms with E-state index in [1.165, 1.54) is 26.0 Å². The molecule has 0 radical (unpaired) electrons. The Morgan fingerprint density at radius 3 is 1.37 bits per heavy atom. The molecule has 0 heterocycles. The monoisotopic (exact) mass is 522 g/mol. The number of hydrogen-bond donors (Lipinski definition) is 2. The normalized spacial score (nSPS) is 13.5. The molecule has 3 rings (SSSR count). The van der Waals surface area contributed by atoms with Crippen LogP contribution < -0.4 is 10.6 Å². The minimum Gasteiger partial charge on any atom is -0.464 e. The Kier molecular flexibility index (Phi) is 9.11. The number of benzene rings is 2. The molecular formula is C28H30N2O8. The zero-order valence-corrected chi connectivity index (χ0v) is 21.7. The summed E-state index contributed by atoms with van der Waals surface area (Å²) in [5, 5.41) is 5.12. The van der Waals surface area contributed by atoms with E-state index in [9.17, 15) is 28.8 Å². The molecular weight excluding hydrogens is 492 g/mol. The van der Waals surface area contributed by atoms with Crippen molar-refractivity contribution in [2.24, 2.45) is 0 Å². The summed E-state index contributed by atoms with van der Waals surface area (Å²) < 4.78 is 10.2. The first kappa shape index (κ1) is 28.2. The molecule has 2 atom stereocenters. The van der Waals surface area contributed by atoms with E-state index >= 15 is 0 Å². The van der Waals surface area contributed by atoms with Gasteiger partial charge in [0, 0.05) is 48.9 Å². The van der Waals surface area contributed by atoms with Gasteiger partial charge in [-0.2, -0.15) is 0 Å². The van der Waals surface area contributed by atoms with Gasteiger partial charge in [-0.25, -0.2) is 9.59 Å². The zero-order chi connectivity index (χ0) is 28.0. The Morgan fingerprint density at radius 2 is 1.05 bits per heavy atom. The Morgan fingerprint density at radius 1 is 0.684 bits per heavy atom. The van der Waals surface area contributed by atoms with Crippen LogP contribution in [0, 0.1) is 0 Å². The lowest BCUT2D eigenvalue weighted by Crippen LogP contribution is -2.44. The average molecular weight is 523 g/mol. The second-order valence-electron chi connectivity index (χ2n) is 8.79. The van der Waals surface area contributed by atoms with Crippen molar-refractivity contribution < 1.29 is 38.2 Å². The Labute approximate surface area is 220 Å². The molecule has 0 saturated heterocycles. The summed E-state index contributed by atoms with van der Waals surface area (Å²) in [6, 6.07) is 7.29. The van der Waals surface area contributed by atoms with Crippen molar-refractivity contribution in [3.8, 4) is 0 Å². The van der Waals surface area contributed by atoms with E-state index in [1.807, 2.05) is 0 Å². The van der Waals surface area contributed by atoms with Crippen LogP contribution in [-0.4, -0.2) is 60.6 Å². The minimum absolute atomic E-state index is 0.0836. The number of carbonyl (C=O) groups excluding carboxylic acids is 6. The second-order valence-corrected chi connectivity index (χ2v) is 8.79. The van der Waals surface area contributed by atoms with Crippen molar-refractivity contribution in [3.05, 3.63) is 69.8 Å². The fraction of sp³-hybridized carbons (Fsp3) is 0.357. The molecule has 2 aromatic carbocycles. The van der Waals surface area contributed by atoms with Crippen LogP contribution in [0.15, 0.2) is 36.4 Å². The summed E-state index contributed by atoms with van der Waals surface area (Å²) in [5.74, 6) is -3.01. The fourth-order valence-electron chi connectivity index (χ4n) is 4.42. The highest BCUT2D eigenvalue weighted by molar-refractivity contribution is 6.28. The van der Waals surface area contributed by atoms with Crippen molar-refractivity contribution in [2.45, 2.75) is 52.6 Å². The van der Waals surface area contributed by atoms with Crippen molar-refractivity contribution in [1.29, 1.82) is 0 Å². The number of fused-ring (bicyclic) bond motifs is 2. The largest absolute Gasteiger partial charge is 0.464 e. The molecule has 2 amide bonds. The second kappa shape index (κ2) is 12.3. The number of nitrogens with one attached hydrogen (secondary N) is 2. The van der Waals surface area contributed by atoms with Gasteiger partial charge in [0.15, 0.2) is 11.6 Å². The zero-order valence-electron chi connectivity index (χ0n) is 21.7. The molecule has 0 fully saturated rings. The van der Waals surface area contributed by atoms with Crippen LogP contribution in [0.25, 0.3) is 0 Å². The number of carbonyl (C=O) groups is 6. The van der Waals surface area contributed by atoms with Gasteiger partial charge in [-0.3, -0.25) is 19.2 Å². The van der Waals surface area contributed by atoms with Gasteiger partial charge in [-0.15, -0.1) is 0 Å². The minimum atomic E-state index is -1.09. The molecule has 0 aromatic heterocycles. The summed E-state index contributed by atoms with van der Waals surface area (Å²) in [4.78, 5) is 75.6. The lowest BCUT2D eigenvalue weighted by molar-refractivity contribution is -0.147. The lowest BCUT2D eigenvalue weighted by atomic mass is 9.80. The molecule has 0 saturated carbocycles. The van der Waals surface area contributed by atoms with E-state index < -0.39 is 35.8 Å². The maximum Gasteiger partial charge on any atom is 0.328 e. The molecule has 10 heteroatoms. The van der Waals surface area contributed by atoms with Crippen molar-refractivity contribution >= 4 is 35.3 Å². The highest BCUT2D eigenvalue weighted by Crippen LogP contribution is 2.31. The first-order chi connectivity index (χ1) is 18.1. The maximum atomic E-state index is 13.3. The first-order valence-electron chi connectivity index (χ1n) is 12.3. The number of amides is 2. The van der Waals surface area contributed by atoms with Crippen LogP contribution in [0.2, 0.25) is 0 Å². The number of rotatable bonds is 10. The van der Waals surface area contributed by atoms with E-state index in [4.69, 9.17) is 9.47 Å². The quantitative estimate of drug-likeness (QED) is 0.383. The van der Waals surface area contributed by atoms with Crippen LogP contribution in [-0.2, 0) is 41.5 Å².